The zero-order valence-corrected chi connectivity index (χ0v) is 30.9. The molecule has 0 amide bonds. The molecule has 2 fully saturated rings. The first-order valence-electron chi connectivity index (χ1n) is 20.9. The smallest absolute Gasteiger partial charge is 0.257 e. The number of benzene rings is 5. The highest BCUT2D eigenvalue weighted by Crippen LogP contribution is 2.59. The monoisotopic (exact) mass is 683 g/mol. The van der Waals surface area contributed by atoms with E-state index in [1.54, 1.807) is 55.4 Å². The number of fused-ring (bicyclic) bond motifs is 5. The van der Waals surface area contributed by atoms with Gasteiger partial charge in [-0.1, -0.05) is 33.8 Å². The molecule has 0 saturated heterocycles. The van der Waals surface area contributed by atoms with Crippen molar-refractivity contribution >= 4 is 68.0 Å². The van der Waals surface area contributed by atoms with Crippen molar-refractivity contribution in [3.8, 4) is 28.7 Å². The van der Waals surface area contributed by atoms with E-state index in [2.05, 4.69) is 74.7 Å². The maximum absolute atomic E-state index is 7.21. The van der Waals surface area contributed by atoms with Gasteiger partial charge in [-0.3, -0.25) is 0 Å². The summed E-state index contributed by atoms with van der Waals surface area (Å²) in [7, 11) is 0. The number of aromatic nitrogens is 1. The van der Waals surface area contributed by atoms with Crippen LogP contribution in [0, 0.1) is 0 Å². The number of hydrogen-bond donors (Lipinski definition) is 0. The predicted octanol–water partition coefficient (Wildman–Crippen LogP) is 7.44. The van der Waals surface area contributed by atoms with Gasteiger partial charge in [-0.25, -0.2) is 0 Å². The first kappa shape index (κ1) is 27.2. The summed E-state index contributed by atoms with van der Waals surface area (Å²) in [4.78, 5) is 0. The van der Waals surface area contributed by atoms with Crippen LogP contribution in [0.5, 0.6) is 23.0 Å². The molecule has 5 aromatic carbocycles. The minimum absolute atomic E-state index is 0.142. The van der Waals surface area contributed by atoms with E-state index in [1.807, 2.05) is 0 Å². The van der Waals surface area contributed by atoms with Gasteiger partial charge >= 0.3 is 0 Å². The van der Waals surface area contributed by atoms with Crippen LogP contribution in [0.25, 0.3) is 27.5 Å². The Morgan fingerprint density at radius 2 is 0.943 bits per heavy atom. The van der Waals surface area contributed by atoms with Crippen molar-refractivity contribution in [1.29, 1.82) is 0 Å². The van der Waals surface area contributed by atoms with E-state index in [1.165, 1.54) is 101 Å². The highest BCUT2D eigenvalue weighted by molar-refractivity contribution is 7.04. The lowest BCUT2D eigenvalue weighted by Crippen LogP contribution is -2.72. The van der Waals surface area contributed by atoms with Gasteiger partial charge in [0, 0.05) is 27.3 Å². The summed E-state index contributed by atoms with van der Waals surface area (Å²) < 4.78 is 17.2. The molecule has 2 saturated carbocycles. The lowest BCUT2D eigenvalue weighted by Gasteiger charge is -2.53. The Kier molecular flexibility index (Phi) is 4.05. The molecular formula is C48H39B2NO2. The molecule has 0 N–H and O–H groups in total. The van der Waals surface area contributed by atoms with Crippen molar-refractivity contribution in [3.05, 3.63) is 87.0 Å². The molecule has 0 spiro atoms. The number of nitrogens with zero attached hydrogens (tertiary/aromatic N) is 1. The van der Waals surface area contributed by atoms with Gasteiger partial charge in [-0.2, -0.15) is 0 Å². The first-order valence-corrected chi connectivity index (χ1v) is 20.9. The van der Waals surface area contributed by atoms with Gasteiger partial charge in [0.1, 0.15) is 23.0 Å². The molecule has 6 aliphatic carbocycles. The Labute approximate surface area is 310 Å². The molecule has 5 heteroatoms. The van der Waals surface area contributed by atoms with Crippen molar-refractivity contribution in [1.82, 2.24) is 4.57 Å². The first-order chi connectivity index (χ1) is 25.8. The summed E-state index contributed by atoms with van der Waals surface area (Å²) in [6, 6.07) is 17.3. The third-order valence-corrected chi connectivity index (χ3v) is 17.4. The second-order valence-corrected chi connectivity index (χ2v) is 20.0. The molecule has 7 heterocycles. The van der Waals surface area contributed by atoms with Gasteiger partial charge in [-0.05, 0) is 189 Å². The Bertz CT molecular complexity index is 2750. The molecule has 4 bridgehead atoms. The average molecular weight is 683 g/mol. The van der Waals surface area contributed by atoms with Crippen LogP contribution in [-0.2, 0) is 10.8 Å². The van der Waals surface area contributed by atoms with Crippen LogP contribution in [0.1, 0.15) is 147 Å². The Morgan fingerprint density at radius 1 is 0.509 bits per heavy atom. The molecule has 0 unspecified atom stereocenters. The Morgan fingerprint density at radius 3 is 1.40 bits per heavy atom. The summed E-state index contributed by atoms with van der Waals surface area (Å²) in [5.41, 5.74) is 26.1. The maximum Gasteiger partial charge on any atom is 0.257 e. The number of ether oxygens (including phenoxy) is 2. The summed E-state index contributed by atoms with van der Waals surface area (Å²) in [5, 5.41) is 2.74. The van der Waals surface area contributed by atoms with E-state index < -0.39 is 0 Å². The van der Waals surface area contributed by atoms with Crippen molar-refractivity contribution in [2.45, 2.75) is 114 Å². The van der Waals surface area contributed by atoms with Crippen LogP contribution in [-0.4, -0.2) is 18.0 Å². The van der Waals surface area contributed by atoms with Gasteiger partial charge in [0.2, 0.25) is 0 Å². The minimum atomic E-state index is -0.142. The van der Waals surface area contributed by atoms with Crippen LogP contribution < -0.4 is 42.3 Å². The zero-order chi connectivity index (χ0) is 34.3. The SMILES string of the molecule is CC1(C)c2cc3c4c5c2B2c6c(cc7c(c61)C1CCC7CC1)Oc1ccc6c7ccc8c(c7n-5c6c12)B4c1c(cc2c(c1C3(C)C)C1CCC2CC1)O8. The normalized spacial score (nSPS) is 26.8. The van der Waals surface area contributed by atoms with Gasteiger partial charge in [-0.15, -0.1) is 0 Å². The fraction of sp³-hybridized carbons (Fsp3) is 0.375. The molecule has 6 aromatic rings. The van der Waals surface area contributed by atoms with Crippen LogP contribution in [0.3, 0.4) is 0 Å². The third-order valence-electron chi connectivity index (χ3n) is 17.4. The van der Waals surface area contributed by atoms with Crippen LogP contribution in [0.2, 0.25) is 0 Å². The van der Waals surface area contributed by atoms with E-state index in [-0.39, 0.29) is 24.3 Å². The Balaban J connectivity index is 1.15. The van der Waals surface area contributed by atoms with E-state index in [0.29, 0.717) is 23.7 Å². The average Bonchev–Trinajstić information content (AvgIpc) is 3.52. The molecular weight excluding hydrogens is 644 g/mol. The summed E-state index contributed by atoms with van der Waals surface area (Å²) in [5.74, 6) is 7.12. The predicted molar refractivity (Wildman–Crippen MR) is 215 cm³/mol. The van der Waals surface area contributed by atoms with Gasteiger partial charge in [0.25, 0.3) is 13.4 Å². The van der Waals surface area contributed by atoms with Gasteiger partial charge in [0.15, 0.2) is 0 Å². The molecule has 254 valence electrons. The van der Waals surface area contributed by atoms with E-state index in [9.17, 15) is 0 Å². The molecule has 53 heavy (non-hydrogen) atoms. The summed E-state index contributed by atoms with van der Waals surface area (Å²) in [6.07, 6.45) is 10.7. The van der Waals surface area contributed by atoms with Crippen LogP contribution in [0.4, 0.5) is 0 Å². The second kappa shape index (κ2) is 7.88. The third kappa shape index (κ3) is 2.54. The molecule has 18 rings (SSSR count). The summed E-state index contributed by atoms with van der Waals surface area (Å²) in [6.45, 7) is 10.8. The maximum atomic E-state index is 7.21. The van der Waals surface area contributed by atoms with Crippen LogP contribution in [0.15, 0.2) is 42.5 Å². The minimum Gasteiger partial charge on any atom is -0.458 e. The lowest BCUT2D eigenvalue weighted by molar-refractivity contribution is 0.351. The van der Waals surface area contributed by atoms with Crippen molar-refractivity contribution in [2.75, 3.05) is 0 Å². The highest BCUT2D eigenvalue weighted by atomic mass is 16.5. The standard InChI is InChI=1S/C48H39B2NO2/c1-47(2)28-19-29-39-46-38(28)49-40-32(17-26-20-5-9-22(10-6-20)34(26)36(40)47)52-30-15-13-24-25-14-16-31-43(45(25)51(46)44(24)42(30)49)50(39)41-33(53-31)18-27-21-7-11-23(12-8-21)35(27)37(41)48(29,3)4/h13-23H,5-12H2,1-4H3. The van der Waals surface area contributed by atoms with Crippen LogP contribution >= 0.6 is 0 Å². The van der Waals surface area contributed by atoms with Crippen molar-refractivity contribution in [2.24, 2.45) is 0 Å². The zero-order valence-electron chi connectivity index (χ0n) is 30.9. The molecule has 3 nitrogen and oxygen atoms in total. The van der Waals surface area contributed by atoms with Gasteiger partial charge < -0.3 is 14.0 Å². The van der Waals surface area contributed by atoms with E-state index >= 15 is 0 Å². The van der Waals surface area contributed by atoms with Crippen molar-refractivity contribution < 1.29 is 9.47 Å². The molecule has 12 aliphatic rings. The van der Waals surface area contributed by atoms with Crippen molar-refractivity contribution in [3.63, 3.8) is 0 Å². The molecule has 6 aliphatic heterocycles. The van der Waals surface area contributed by atoms with Gasteiger partial charge in [0.05, 0.1) is 11.0 Å². The van der Waals surface area contributed by atoms with E-state index in [4.69, 9.17) is 9.47 Å². The molecule has 0 atom stereocenters. The molecule has 0 radical (unpaired) electrons. The van der Waals surface area contributed by atoms with E-state index in [0.717, 1.165) is 23.0 Å². The fourth-order valence-corrected chi connectivity index (χ4v) is 15.5. The fourth-order valence-electron chi connectivity index (χ4n) is 15.5. The quantitative estimate of drug-likeness (QED) is 0.155. The molecule has 1 aromatic heterocycles. The topological polar surface area (TPSA) is 23.4 Å². The lowest BCUT2D eigenvalue weighted by atomic mass is 9.25. The largest absolute Gasteiger partial charge is 0.458 e. The summed E-state index contributed by atoms with van der Waals surface area (Å²) >= 11 is 0. The number of rotatable bonds is 0. The second-order valence-electron chi connectivity index (χ2n) is 20.0. The highest BCUT2D eigenvalue weighted by Gasteiger charge is 2.59. The number of hydrogen-bond acceptors (Lipinski definition) is 2. The Hall–Kier alpha value is -4.37.